The molecule has 1 saturated heterocycles. The number of carbonyl (C=O) groups excluding carboxylic acids is 2. The Bertz CT molecular complexity index is 1190. The van der Waals surface area contributed by atoms with E-state index in [0.717, 1.165) is 5.56 Å². The molecule has 6 nitrogen and oxygen atoms in total. The van der Waals surface area contributed by atoms with Crippen molar-refractivity contribution in [3.63, 3.8) is 0 Å². The molecule has 1 heterocycles. The topological polar surface area (TPSA) is 67.9 Å². The lowest BCUT2D eigenvalue weighted by Crippen LogP contribution is -2.35. The second-order valence-corrected chi connectivity index (χ2v) is 7.79. The average molecular weight is 469 g/mol. The first kappa shape index (κ1) is 21.7. The maximum absolute atomic E-state index is 12.9. The lowest BCUT2D eigenvalue weighted by Gasteiger charge is -2.15. The van der Waals surface area contributed by atoms with Crippen molar-refractivity contribution in [1.29, 1.82) is 0 Å². The number of rotatable bonds is 6. The van der Waals surface area contributed by atoms with Gasteiger partial charge in [0.2, 0.25) is 0 Å². The van der Waals surface area contributed by atoms with Crippen molar-refractivity contribution in [3.8, 4) is 11.5 Å². The molecule has 1 fully saturated rings. The molecule has 3 aromatic carbocycles. The highest BCUT2D eigenvalue weighted by atomic mass is 35.5. The molecule has 1 aliphatic heterocycles. The molecular formula is C24H18Cl2N2O4. The highest BCUT2D eigenvalue weighted by Gasteiger charge is 2.34. The van der Waals surface area contributed by atoms with Crippen LogP contribution in [0.4, 0.5) is 5.69 Å². The fraction of sp³-hybridized carbons (Fsp3) is 0.0833. The van der Waals surface area contributed by atoms with Crippen LogP contribution >= 0.6 is 23.2 Å². The molecular weight excluding hydrogens is 451 g/mol. The SMILES string of the molecule is COc1cc(Cl)cc(C=C2C(=O)NN(c3ccccc3)C2=O)c1OCc1ccc(Cl)cc1. The number of methoxy groups -OCH3 is 1. The van der Waals surface area contributed by atoms with E-state index < -0.39 is 11.8 Å². The number of anilines is 1. The van der Waals surface area contributed by atoms with Gasteiger partial charge in [0, 0.05) is 21.7 Å². The van der Waals surface area contributed by atoms with Crippen molar-refractivity contribution in [1.82, 2.24) is 5.43 Å². The molecule has 32 heavy (non-hydrogen) atoms. The van der Waals surface area contributed by atoms with Gasteiger partial charge in [-0.15, -0.1) is 0 Å². The third-order valence-electron chi connectivity index (χ3n) is 4.77. The molecule has 3 aromatic rings. The summed E-state index contributed by atoms with van der Waals surface area (Å²) in [5.41, 5.74) is 4.41. The number of hydrazine groups is 1. The summed E-state index contributed by atoms with van der Waals surface area (Å²) >= 11 is 12.2. The van der Waals surface area contributed by atoms with Gasteiger partial charge in [0.15, 0.2) is 11.5 Å². The normalized spacial score (nSPS) is 14.6. The second-order valence-electron chi connectivity index (χ2n) is 6.92. The van der Waals surface area contributed by atoms with Crippen molar-refractivity contribution in [2.45, 2.75) is 6.61 Å². The Morgan fingerprint density at radius 2 is 1.69 bits per heavy atom. The van der Waals surface area contributed by atoms with E-state index in [0.29, 0.717) is 32.8 Å². The van der Waals surface area contributed by atoms with Crippen LogP contribution in [-0.4, -0.2) is 18.9 Å². The van der Waals surface area contributed by atoms with Crippen LogP contribution in [0.1, 0.15) is 11.1 Å². The quantitative estimate of drug-likeness (QED) is 0.406. The van der Waals surface area contributed by atoms with Crippen molar-refractivity contribution in [2.24, 2.45) is 0 Å². The van der Waals surface area contributed by atoms with Gasteiger partial charge in [-0.1, -0.05) is 53.5 Å². The molecule has 0 aliphatic carbocycles. The molecule has 162 valence electrons. The van der Waals surface area contributed by atoms with E-state index in [4.69, 9.17) is 32.7 Å². The predicted octanol–water partition coefficient (Wildman–Crippen LogP) is 5.04. The number of carbonyl (C=O) groups is 2. The molecule has 1 aliphatic rings. The van der Waals surface area contributed by atoms with E-state index in [1.807, 2.05) is 18.2 Å². The lowest BCUT2D eigenvalue weighted by molar-refractivity contribution is -0.117. The predicted molar refractivity (Wildman–Crippen MR) is 124 cm³/mol. The highest BCUT2D eigenvalue weighted by Crippen LogP contribution is 2.37. The minimum Gasteiger partial charge on any atom is -0.493 e. The first-order valence-electron chi connectivity index (χ1n) is 9.63. The zero-order valence-electron chi connectivity index (χ0n) is 17.0. The summed E-state index contributed by atoms with van der Waals surface area (Å²) in [6, 6.07) is 19.3. The first-order valence-corrected chi connectivity index (χ1v) is 10.4. The summed E-state index contributed by atoms with van der Waals surface area (Å²) in [6.45, 7) is 0.224. The first-order chi connectivity index (χ1) is 15.5. The zero-order chi connectivity index (χ0) is 22.7. The van der Waals surface area contributed by atoms with E-state index in [1.165, 1.54) is 18.2 Å². The van der Waals surface area contributed by atoms with Crippen LogP contribution < -0.4 is 19.9 Å². The largest absolute Gasteiger partial charge is 0.493 e. The standard InChI is InChI=1S/C24H18Cl2N2O4/c1-31-21-13-18(26)11-16(22(21)32-14-15-7-9-17(25)10-8-15)12-20-23(29)27-28(24(20)30)19-5-3-2-4-6-19/h2-13H,14H2,1H3,(H,27,29). The van der Waals surface area contributed by atoms with Gasteiger partial charge in [-0.25, -0.2) is 5.01 Å². The molecule has 4 rings (SSSR count). The van der Waals surface area contributed by atoms with Gasteiger partial charge in [-0.2, -0.15) is 0 Å². The highest BCUT2D eigenvalue weighted by molar-refractivity contribution is 6.33. The molecule has 0 atom stereocenters. The minimum atomic E-state index is -0.526. The summed E-state index contributed by atoms with van der Waals surface area (Å²) in [5, 5.41) is 2.19. The van der Waals surface area contributed by atoms with E-state index in [2.05, 4.69) is 5.43 Å². The number of amides is 2. The Labute approximate surface area is 194 Å². The Hall–Kier alpha value is -3.48. The fourth-order valence-electron chi connectivity index (χ4n) is 3.21. The third kappa shape index (κ3) is 4.56. The monoisotopic (exact) mass is 468 g/mol. The van der Waals surface area contributed by atoms with E-state index in [9.17, 15) is 9.59 Å². The Morgan fingerprint density at radius 1 is 0.969 bits per heavy atom. The maximum atomic E-state index is 12.9. The second kappa shape index (κ2) is 9.34. The molecule has 1 N–H and O–H groups in total. The van der Waals surface area contributed by atoms with E-state index in [-0.39, 0.29) is 12.2 Å². The molecule has 0 aromatic heterocycles. The van der Waals surface area contributed by atoms with Crippen LogP contribution in [0.2, 0.25) is 10.0 Å². The number of nitrogens with one attached hydrogen (secondary N) is 1. The number of hydrogen-bond acceptors (Lipinski definition) is 4. The number of para-hydroxylation sites is 1. The number of hydrogen-bond donors (Lipinski definition) is 1. The summed E-state index contributed by atoms with van der Waals surface area (Å²) in [7, 11) is 1.49. The number of halogens is 2. The fourth-order valence-corrected chi connectivity index (χ4v) is 3.55. The van der Waals surface area contributed by atoms with Crippen molar-refractivity contribution >= 4 is 46.8 Å². The average Bonchev–Trinajstić information content (AvgIpc) is 3.08. The van der Waals surface area contributed by atoms with Gasteiger partial charge in [-0.05, 0) is 42.0 Å². The van der Waals surface area contributed by atoms with Crippen molar-refractivity contribution < 1.29 is 19.1 Å². The summed E-state index contributed by atoms with van der Waals surface area (Å²) in [5.74, 6) is -0.271. The van der Waals surface area contributed by atoms with Gasteiger partial charge in [0.1, 0.15) is 12.2 Å². The van der Waals surface area contributed by atoms with Gasteiger partial charge in [0.05, 0.1) is 12.8 Å². The van der Waals surface area contributed by atoms with Crippen LogP contribution in [0.15, 0.2) is 72.3 Å². The van der Waals surface area contributed by atoms with Gasteiger partial charge >= 0.3 is 0 Å². The Balaban J connectivity index is 1.68. The molecule has 8 heteroatoms. The Morgan fingerprint density at radius 3 is 2.38 bits per heavy atom. The number of nitrogens with zero attached hydrogens (tertiary/aromatic N) is 1. The lowest BCUT2D eigenvalue weighted by atomic mass is 10.1. The summed E-state index contributed by atoms with van der Waals surface area (Å²) in [6.07, 6.45) is 1.45. The van der Waals surface area contributed by atoms with Gasteiger partial charge in [-0.3, -0.25) is 15.0 Å². The third-order valence-corrected chi connectivity index (χ3v) is 5.24. The van der Waals surface area contributed by atoms with E-state index >= 15 is 0 Å². The summed E-state index contributed by atoms with van der Waals surface area (Å²) in [4.78, 5) is 25.5. The van der Waals surface area contributed by atoms with E-state index in [1.54, 1.807) is 48.5 Å². The van der Waals surface area contributed by atoms with Gasteiger partial charge < -0.3 is 9.47 Å². The van der Waals surface area contributed by atoms with Crippen LogP contribution in [-0.2, 0) is 16.2 Å². The number of benzene rings is 3. The summed E-state index contributed by atoms with van der Waals surface area (Å²) < 4.78 is 11.4. The molecule has 0 saturated carbocycles. The molecule has 2 amide bonds. The Kier molecular flexibility index (Phi) is 6.35. The van der Waals surface area contributed by atoms with Crippen molar-refractivity contribution in [3.05, 3.63) is 93.5 Å². The van der Waals surface area contributed by atoms with Crippen LogP contribution in [0, 0.1) is 0 Å². The zero-order valence-corrected chi connectivity index (χ0v) is 18.5. The number of ether oxygens (including phenoxy) is 2. The molecule has 0 radical (unpaired) electrons. The van der Waals surface area contributed by atoms with Crippen LogP contribution in [0.5, 0.6) is 11.5 Å². The maximum Gasteiger partial charge on any atom is 0.282 e. The van der Waals surface area contributed by atoms with Gasteiger partial charge in [0.25, 0.3) is 11.8 Å². The van der Waals surface area contributed by atoms with Crippen LogP contribution in [0.3, 0.4) is 0 Å². The molecule has 0 bridgehead atoms. The molecule has 0 unspecified atom stereocenters. The molecule has 0 spiro atoms. The minimum absolute atomic E-state index is 0.0467. The van der Waals surface area contributed by atoms with Crippen molar-refractivity contribution in [2.75, 3.05) is 12.1 Å². The smallest absolute Gasteiger partial charge is 0.282 e. The van der Waals surface area contributed by atoms with Crippen LogP contribution in [0.25, 0.3) is 6.08 Å².